The van der Waals surface area contributed by atoms with E-state index in [2.05, 4.69) is 45.3 Å². The van der Waals surface area contributed by atoms with Crippen LogP contribution in [0.25, 0.3) is 0 Å². The van der Waals surface area contributed by atoms with Gasteiger partial charge in [0.15, 0.2) is 0 Å². The highest BCUT2D eigenvalue weighted by Gasteiger charge is 2.18. The fourth-order valence-corrected chi connectivity index (χ4v) is 3.12. The Hall–Kier alpha value is -1.20. The number of nitrogens with one attached hydrogen (secondary N) is 1. The Morgan fingerprint density at radius 1 is 1.35 bits per heavy atom. The van der Waals surface area contributed by atoms with Crippen LogP contribution in [0, 0.1) is 6.92 Å². The number of imidazole rings is 1. The lowest BCUT2D eigenvalue weighted by molar-refractivity contribution is 0.475. The Bertz CT molecular complexity index is 517. The molecule has 20 heavy (non-hydrogen) atoms. The molecule has 0 saturated carbocycles. The van der Waals surface area contributed by atoms with Crippen LogP contribution in [0.15, 0.2) is 17.8 Å². The van der Waals surface area contributed by atoms with Crippen molar-refractivity contribution >= 4 is 11.3 Å². The van der Waals surface area contributed by atoms with Gasteiger partial charge >= 0.3 is 0 Å². The predicted octanol–water partition coefficient (Wildman–Crippen LogP) is 3.34. The van der Waals surface area contributed by atoms with Crippen LogP contribution in [-0.4, -0.2) is 21.1 Å². The van der Waals surface area contributed by atoms with Gasteiger partial charge in [-0.2, -0.15) is 0 Å². The first-order chi connectivity index (χ1) is 9.74. The third-order valence-corrected chi connectivity index (χ3v) is 4.20. The van der Waals surface area contributed by atoms with E-state index < -0.39 is 0 Å². The van der Waals surface area contributed by atoms with Crippen LogP contribution in [0.4, 0.5) is 0 Å². The fourth-order valence-electron chi connectivity index (χ4n) is 2.31. The Balaban J connectivity index is 2.15. The maximum Gasteiger partial charge on any atom is 0.126 e. The van der Waals surface area contributed by atoms with Crippen molar-refractivity contribution in [2.24, 2.45) is 0 Å². The first-order valence-corrected chi connectivity index (χ1v) is 8.28. The average molecular weight is 292 g/mol. The molecule has 0 aromatic carbocycles. The van der Waals surface area contributed by atoms with Gasteiger partial charge in [-0.05, 0) is 26.3 Å². The Kier molecular flexibility index (Phi) is 5.73. The molecule has 0 saturated heterocycles. The summed E-state index contributed by atoms with van der Waals surface area (Å²) >= 11 is 1.74. The summed E-state index contributed by atoms with van der Waals surface area (Å²) in [7, 11) is 0. The molecule has 0 aliphatic carbocycles. The highest BCUT2D eigenvalue weighted by molar-refractivity contribution is 7.09. The maximum absolute atomic E-state index is 4.59. The minimum Gasteiger partial charge on any atom is -0.334 e. The van der Waals surface area contributed by atoms with E-state index in [4.69, 9.17) is 0 Å². The van der Waals surface area contributed by atoms with Gasteiger partial charge in [0.05, 0.1) is 11.0 Å². The molecule has 110 valence electrons. The molecule has 2 heterocycles. The summed E-state index contributed by atoms with van der Waals surface area (Å²) in [5, 5.41) is 6.91. The second-order valence-electron chi connectivity index (χ2n) is 5.07. The van der Waals surface area contributed by atoms with E-state index in [-0.39, 0.29) is 6.04 Å². The number of rotatable bonds is 8. The second kappa shape index (κ2) is 7.55. The lowest BCUT2D eigenvalue weighted by Gasteiger charge is -2.18. The van der Waals surface area contributed by atoms with E-state index >= 15 is 0 Å². The van der Waals surface area contributed by atoms with Gasteiger partial charge in [-0.3, -0.25) is 0 Å². The predicted molar refractivity (Wildman–Crippen MR) is 84.1 cm³/mol. The highest BCUT2D eigenvalue weighted by Crippen LogP contribution is 2.20. The van der Waals surface area contributed by atoms with Gasteiger partial charge in [0.2, 0.25) is 0 Å². The quantitative estimate of drug-likeness (QED) is 0.811. The van der Waals surface area contributed by atoms with E-state index in [0.29, 0.717) is 0 Å². The Morgan fingerprint density at radius 3 is 2.85 bits per heavy atom. The lowest BCUT2D eigenvalue weighted by atomic mass is 10.2. The molecule has 0 amide bonds. The summed E-state index contributed by atoms with van der Waals surface area (Å²) in [6.07, 6.45) is 7.15. The standard InChI is InChI=1S/C15H24N4S/c1-4-6-16-13(10-14-18-12(3)11-20-14)15-17-7-9-19(15)8-5-2/h7,9,11,13,16H,4-6,8,10H2,1-3H3. The smallest absolute Gasteiger partial charge is 0.126 e. The first-order valence-electron chi connectivity index (χ1n) is 7.40. The Morgan fingerprint density at radius 2 is 2.20 bits per heavy atom. The van der Waals surface area contributed by atoms with Gasteiger partial charge < -0.3 is 9.88 Å². The molecule has 0 spiro atoms. The van der Waals surface area contributed by atoms with Crippen molar-refractivity contribution in [3.63, 3.8) is 0 Å². The zero-order valence-corrected chi connectivity index (χ0v) is 13.4. The van der Waals surface area contributed by atoms with Gasteiger partial charge in [0, 0.05) is 36.4 Å². The summed E-state index contributed by atoms with van der Waals surface area (Å²) in [6, 6.07) is 0.252. The van der Waals surface area contributed by atoms with Crippen LogP contribution in [0.2, 0.25) is 0 Å². The number of hydrogen-bond donors (Lipinski definition) is 1. The molecule has 1 unspecified atom stereocenters. The minimum absolute atomic E-state index is 0.252. The molecule has 0 aliphatic rings. The van der Waals surface area contributed by atoms with Crippen molar-refractivity contribution in [1.82, 2.24) is 19.9 Å². The molecule has 0 aliphatic heterocycles. The summed E-state index contributed by atoms with van der Waals surface area (Å²) in [5.41, 5.74) is 1.11. The first kappa shape index (κ1) is 15.2. The van der Waals surface area contributed by atoms with Crippen molar-refractivity contribution in [3.05, 3.63) is 34.3 Å². The summed E-state index contributed by atoms with van der Waals surface area (Å²) < 4.78 is 2.26. The average Bonchev–Trinajstić information content (AvgIpc) is 3.04. The van der Waals surface area contributed by atoms with Crippen LogP contribution >= 0.6 is 11.3 Å². The van der Waals surface area contributed by atoms with E-state index in [1.54, 1.807) is 11.3 Å². The molecule has 1 atom stereocenters. The molecular formula is C15H24N4S. The summed E-state index contributed by atoms with van der Waals surface area (Å²) in [5.74, 6) is 1.13. The van der Waals surface area contributed by atoms with Crippen molar-refractivity contribution in [1.29, 1.82) is 0 Å². The van der Waals surface area contributed by atoms with Crippen LogP contribution in [0.1, 0.15) is 49.3 Å². The zero-order valence-electron chi connectivity index (χ0n) is 12.6. The maximum atomic E-state index is 4.59. The number of hydrogen-bond acceptors (Lipinski definition) is 4. The topological polar surface area (TPSA) is 42.7 Å². The van der Waals surface area contributed by atoms with Crippen molar-refractivity contribution < 1.29 is 0 Å². The largest absolute Gasteiger partial charge is 0.334 e. The summed E-state index contributed by atoms with van der Waals surface area (Å²) in [4.78, 5) is 9.15. The molecule has 2 aromatic heterocycles. The molecule has 1 N–H and O–H groups in total. The zero-order chi connectivity index (χ0) is 14.4. The minimum atomic E-state index is 0.252. The van der Waals surface area contributed by atoms with Crippen molar-refractivity contribution in [2.75, 3.05) is 6.54 Å². The molecule has 0 bridgehead atoms. The lowest BCUT2D eigenvalue weighted by Crippen LogP contribution is -2.27. The normalized spacial score (nSPS) is 12.8. The number of aryl methyl sites for hydroxylation is 2. The van der Waals surface area contributed by atoms with Gasteiger partial charge in [-0.15, -0.1) is 11.3 Å². The number of thiazole rings is 1. The summed E-state index contributed by atoms with van der Waals surface area (Å²) in [6.45, 7) is 8.47. The molecular weight excluding hydrogens is 268 g/mol. The van der Waals surface area contributed by atoms with Gasteiger partial charge in [0.1, 0.15) is 5.82 Å². The second-order valence-corrected chi connectivity index (χ2v) is 6.01. The molecule has 4 nitrogen and oxygen atoms in total. The molecule has 2 rings (SSSR count). The van der Waals surface area contributed by atoms with E-state index in [0.717, 1.165) is 43.9 Å². The monoisotopic (exact) mass is 292 g/mol. The van der Waals surface area contributed by atoms with Crippen LogP contribution < -0.4 is 5.32 Å². The fraction of sp³-hybridized carbons (Fsp3) is 0.600. The van der Waals surface area contributed by atoms with E-state index in [9.17, 15) is 0 Å². The highest BCUT2D eigenvalue weighted by atomic mass is 32.1. The number of aromatic nitrogens is 3. The van der Waals surface area contributed by atoms with E-state index in [1.165, 1.54) is 5.01 Å². The Labute approximate surface area is 125 Å². The number of nitrogens with zero attached hydrogens (tertiary/aromatic N) is 3. The SMILES string of the molecule is CCCNC(Cc1nc(C)cs1)c1nccn1CCC. The van der Waals surface area contributed by atoms with E-state index in [1.807, 2.05) is 13.1 Å². The molecule has 5 heteroatoms. The van der Waals surface area contributed by atoms with Crippen molar-refractivity contribution in [3.8, 4) is 0 Å². The molecule has 0 radical (unpaired) electrons. The third kappa shape index (κ3) is 3.90. The van der Waals surface area contributed by atoms with Crippen molar-refractivity contribution in [2.45, 2.75) is 52.6 Å². The van der Waals surface area contributed by atoms with Gasteiger partial charge in [0.25, 0.3) is 0 Å². The van der Waals surface area contributed by atoms with Crippen LogP contribution in [-0.2, 0) is 13.0 Å². The van der Waals surface area contributed by atoms with Crippen LogP contribution in [0.3, 0.4) is 0 Å². The molecule has 0 fully saturated rings. The molecule has 2 aromatic rings. The van der Waals surface area contributed by atoms with Gasteiger partial charge in [-0.25, -0.2) is 9.97 Å². The van der Waals surface area contributed by atoms with Crippen LogP contribution in [0.5, 0.6) is 0 Å². The van der Waals surface area contributed by atoms with Gasteiger partial charge in [-0.1, -0.05) is 13.8 Å². The third-order valence-electron chi connectivity index (χ3n) is 3.21.